The summed E-state index contributed by atoms with van der Waals surface area (Å²) in [6.45, 7) is 0. The fraction of sp³-hybridized carbons (Fsp3) is 0.0800. The van der Waals surface area contributed by atoms with E-state index < -0.39 is 0 Å². The molecule has 0 fully saturated rings. The first-order chi connectivity index (χ1) is 16.6. The van der Waals surface area contributed by atoms with Gasteiger partial charge in [0.25, 0.3) is 5.91 Å². The summed E-state index contributed by atoms with van der Waals surface area (Å²) in [7, 11) is 3.08. The zero-order valence-electron chi connectivity index (χ0n) is 18.5. The highest BCUT2D eigenvalue weighted by Crippen LogP contribution is 2.25. The number of nitrogens with zero attached hydrogens (tertiary/aromatic N) is 5. The van der Waals surface area contributed by atoms with E-state index in [0.29, 0.717) is 39.9 Å². The first kappa shape index (κ1) is 21.1. The molecule has 1 N–H and O–H groups in total. The third kappa shape index (κ3) is 4.14. The zero-order valence-corrected chi connectivity index (χ0v) is 18.5. The fourth-order valence-electron chi connectivity index (χ4n) is 3.46. The number of fused-ring (bicyclic) bond motifs is 1. The predicted octanol–water partition coefficient (Wildman–Crippen LogP) is 4.12. The van der Waals surface area contributed by atoms with Gasteiger partial charge in [-0.2, -0.15) is 9.61 Å². The van der Waals surface area contributed by atoms with E-state index in [-0.39, 0.29) is 5.91 Å². The van der Waals surface area contributed by atoms with Gasteiger partial charge in [-0.3, -0.25) is 9.78 Å². The van der Waals surface area contributed by atoms with Crippen molar-refractivity contribution in [3.63, 3.8) is 0 Å². The molecule has 168 valence electrons. The number of amides is 1. The molecule has 9 heteroatoms. The van der Waals surface area contributed by atoms with Gasteiger partial charge >= 0.3 is 0 Å². The molecule has 34 heavy (non-hydrogen) atoms. The molecule has 5 rings (SSSR count). The normalized spacial score (nSPS) is 10.8. The highest BCUT2D eigenvalue weighted by molar-refractivity contribution is 6.04. The molecule has 0 bridgehead atoms. The number of pyridine rings is 1. The number of rotatable bonds is 6. The van der Waals surface area contributed by atoms with Gasteiger partial charge in [0.2, 0.25) is 5.82 Å². The molecule has 2 aromatic carbocycles. The van der Waals surface area contributed by atoms with Gasteiger partial charge in [0.1, 0.15) is 17.2 Å². The molecular weight excluding hydrogens is 432 g/mol. The molecule has 9 nitrogen and oxygen atoms in total. The number of carbonyl (C=O) groups is 1. The number of aromatic nitrogens is 5. The Morgan fingerprint density at radius 1 is 0.853 bits per heavy atom. The van der Waals surface area contributed by atoms with Crippen LogP contribution in [-0.2, 0) is 0 Å². The zero-order chi connectivity index (χ0) is 23.5. The van der Waals surface area contributed by atoms with E-state index in [9.17, 15) is 4.79 Å². The Balaban J connectivity index is 1.39. The van der Waals surface area contributed by atoms with E-state index in [1.165, 1.54) is 0 Å². The predicted molar refractivity (Wildman–Crippen MR) is 127 cm³/mol. The molecule has 3 aromatic heterocycles. The van der Waals surface area contributed by atoms with E-state index in [4.69, 9.17) is 14.6 Å². The van der Waals surface area contributed by atoms with Crippen molar-refractivity contribution in [1.29, 1.82) is 0 Å². The van der Waals surface area contributed by atoms with Crippen LogP contribution in [0.3, 0.4) is 0 Å². The van der Waals surface area contributed by atoms with Gasteiger partial charge in [-0.15, -0.1) is 10.2 Å². The molecule has 0 aliphatic rings. The molecule has 0 saturated carbocycles. The van der Waals surface area contributed by atoms with E-state index >= 15 is 0 Å². The first-order valence-corrected chi connectivity index (χ1v) is 10.4. The van der Waals surface area contributed by atoms with Gasteiger partial charge in [0, 0.05) is 29.1 Å². The molecule has 0 aliphatic heterocycles. The maximum absolute atomic E-state index is 12.7. The Kier molecular flexibility index (Phi) is 5.57. The summed E-state index contributed by atoms with van der Waals surface area (Å²) in [6.07, 6.45) is 1.70. The minimum absolute atomic E-state index is 0.269. The number of benzene rings is 2. The van der Waals surface area contributed by atoms with Crippen LogP contribution in [0, 0.1) is 0 Å². The molecule has 1 amide bonds. The monoisotopic (exact) mass is 452 g/mol. The average molecular weight is 452 g/mol. The highest BCUT2D eigenvalue weighted by Gasteiger charge is 2.13. The van der Waals surface area contributed by atoms with Crippen LogP contribution in [0.4, 0.5) is 5.69 Å². The second kappa shape index (κ2) is 8.99. The van der Waals surface area contributed by atoms with Gasteiger partial charge in [-0.25, -0.2) is 0 Å². The number of methoxy groups -OCH3 is 2. The molecule has 3 heterocycles. The van der Waals surface area contributed by atoms with Gasteiger partial charge in [-0.05, 0) is 48.5 Å². The molecule has 0 spiro atoms. The second-order valence-corrected chi connectivity index (χ2v) is 7.36. The van der Waals surface area contributed by atoms with E-state index in [0.717, 1.165) is 11.3 Å². The number of anilines is 1. The van der Waals surface area contributed by atoms with Gasteiger partial charge in [-0.1, -0.05) is 18.2 Å². The molecule has 5 aromatic rings. The molecule has 0 unspecified atom stereocenters. The standard InChI is InChI=1S/C25H20N6O3/c1-33-19-13-17(14-20(15-19)34-2)25(32)27-18-8-6-16(7-9-18)21-10-11-23-28-29-24(31(23)30-21)22-5-3-4-12-26-22/h3-15H,1-2H3,(H,27,32). The van der Waals surface area contributed by atoms with Crippen molar-refractivity contribution in [3.8, 4) is 34.3 Å². The molecule has 0 aliphatic carbocycles. The van der Waals surface area contributed by atoms with Crippen molar-refractivity contribution in [2.24, 2.45) is 0 Å². The number of nitrogens with one attached hydrogen (secondary N) is 1. The number of hydrogen-bond donors (Lipinski definition) is 1. The topological polar surface area (TPSA) is 104 Å². The number of ether oxygens (including phenoxy) is 2. The lowest BCUT2D eigenvalue weighted by Crippen LogP contribution is -2.12. The third-order valence-electron chi connectivity index (χ3n) is 5.21. The third-order valence-corrected chi connectivity index (χ3v) is 5.21. The first-order valence-electron chi connectivity index (χ1n) is 10.4. The van der Waals surface area contributed by atoms with Crippen LogP contribution >= 0.6 is 0 Å². The van der Waals surface area contributed by atoms with Crippen LogP contribution in [0.1, 0.15) is 10.4 Å². The number of carbonyl (C=O) groups excluding carboxylic acids is 1. The van der Waals surface area contributed by atoms with Crippen LogP contribution in [0.15, 0.2) is 79.0 Å². The van der Waals surface area contributed by atoms with Crippen molar-refractivity contribution < 1.29 is 14.3 Å². The van der Waals surface area contributed by atoms with Crippen molar-refractivity contribution in [2.45, 2.75) is 0 Å². The smallest absolute Gasteiger partial charge is 0.255 e. The van der Waals surface area contributed by atoms with Gasteiger partial charge in [0.15, 0.2) is 5.65 Å². The Labute approximate surface area is 195 Å². The summed E-state index contributed by atoms with van der Waals surface area (Å²) in [5, 5.41) is 16.0. The van der Waals surface area contributed by atoms with Crippen LogP contribution in [-0.4, -0.2) is 44.9 Å². The van der Waals surface area contributed by atoms with E-state index in [1.54, 1.807) is 43.1 Å². The highest BCUT2D eigenvalue weighted by atomic mass is 16.5. The van der Waals surface area contributed by atoms with Crippen molar-refractivity contribution in [2.75, 3.05) is 19.5 Å². The largest absolute Gasteiger partial charge is 0.497 e. The van der Waals surface area contributed by atoms with Crippen LogP contribution < -0.4 is 14.8 Å². The van der Waals surface area contributed by atoms with Crippen LogP contribution in [0.25, 0.3) is 28.4 Å². The quantitative estimate of drug-likeness (QED) is 0.413. The Morgan fingerprint density at radius 2 is 1.62 bits per heavy atom. The SMILES string of the molecule is COc1cc(OC)cc(C(=O)Nc2ccc(-c3ccc4nnc(-c5ccccn5)n4n3)cc2)c1. The summed E-state index contributed by atoms with van der Waals surface area (Å²) in [5.41, 5.74) is 4.01. The lowest BCUT2D eigenvalue weighted by atomic mass is 10.1. The van der Waals surface area contributed by atoms with E-state index in [1.807, 2.05) is 54.6 Å². The van der Waals surface area contributed by atoms with E-state index in [2.05, 4.69) is 20.5 Å². The Morgan fingerprint density at radius 3 is 2.29 bits per heavy atom. The van der Waals surface area contributed by atoms with Crippen LogP contribution in [0.2, 0.25) is 0 Å². The maximum Gasteiger partial charge on any atom is 0.255 e. The van der Waals surface area contributed by atoms with Crippen molar-refractivity contribution >= 4 is 17.2 Å². The number of hydrogen-bond acceptors (Lipinski definition) is 7. The average Bonchev–Trinajstić information content (AvgIpc) is 3.32. The van der Waals surface area contributed by atoms with Crippen LogP contribution in [0.5, 0.6) is 11.5 Å². The summed E-state index contributed by atoms with van der Waals surface area (Å²) in [6, 6.07) is 21.8. The van der Waals surface area contributed by atoms with Crippen molar-refractivity contribution in [1.82, 2.24) is 24.8 Å². The molecular formula is C25H20N6O3. The van der Waals surface area contributed by atoms with Crippen molar-refractivity contribution in [3.05, 3.63) is 84.6 Å². The second-order valence-electron chi connectivity index (χ2n) is 7.36. The summed E-state index contributed by atoms with van der Waals surface area (Å²) < 4.78 is 12.2. The van der Waals surface area contributed by atoms with Gasteiger partial charge in [0.05, 0.1) is 19.9 Å². The maximum atomic E-state index is 12.7. The molecule has 0 radical (unpaired) electrons. The lowest BCUT2D eigenvalue weighted by Gasteiger charge is -2.10. The summed E-state index contributed by atoms with van der Waals surface area (Å²) in [5.74, 6) is 1.38. The summed E-state index contributed by atoms with van der Waals surface area (Å²) in [4.78, 5) is 17.1. The van der Waals surface area contributed by atoms with Gasteiger partial charge < -0.3 is 14.8 Å². The lowest BCUT2D eigenvalue weighted by molar-refractivity contribution is 0.102. The Hall–Kier alpha value is -4.79. The minimum atomic E-state index is -0.269. The Bertz CT molecular complexity index is 1440. The fourth-order valence-corrected chi connectivity index (χ4v) is 3.46. The minimum Gasteiger partial charge on any atom is -0.497 e. The summed E-state index contributed by atoms with van der Waals surface area (Å²) >= 11 is 0. The molecule has 0 atom stereocenters. The molecule has 0 saturated heterocycles.